The van der Waals surface area contributed by atoms with Crippen LogP contribution in [0.1, 0.15) is 43.5 Å². The van der Waals surface area contributed by atoms with Gasteiger partial charge in [-0.15, -0.1) is 0 Å². The zero-order chi connectivity index (χ0) is 19.2. The summed E-state index contributed by atoms with van der Waals surface area (Å²) in [6.07, 6.45) is 3.67. The minimum absolute atomic E-state index is 0.0896. The van der Waals surface area contributed by atoms with E-state index in [0.717, 1.165) is 19.6 Å². The topological polar surface area (TPSA) is 69.7 Å². The van der Waals surface area contributed by atoms with Crippen molar-refractivity contribution < 1.29 is 13.2 Å². The Kier molecular flexibility index (Phi) is 7.88. The van der Waals surface area contributed by atoms with Crippen LogP contribution in [0.5, 0.6) is 0 Å². The Morgan fingerprint density at radius 2 is 1.85 bits per heavy atom. The van der Waals surface area contributed by atoms with Crippen LogP contribution in [0.4, 0.5) is 0 Å². The largest absolute Gasteiger partial charge is 0.351 e. The van der Waals surface area contributed by atoms with E-state index in [1.54, 1.807) is 13.8 Å². The second-order valence-corrected chi connectivity index (χ2v) is 8.73. The summed E-state index contributed by atoms with van der Waals surface area (Å²) in [5, 5.41) is 3.10. The number of amides is 1. The van der Waals surface area contributed by atoms with Gasteiger partial charge >= 0.3 is 0 Å². The first kappa shape index (κ1) is 21.2. The van der Waals surface area contributed by atoms with Gasteiger partial charge in [0.25, 0.3) is 5.91 Å². The average molecular weight is 402 g/mol. The molecule has 8 heteroatoms. The first-order chi connectivity index (χ1) is 12.4. The van der Waals surface area contributed by atoms with Gasteiger partial charge in [-0.2, -0.15) is 4.31 Å². The number of nitrogens with one attached hydrogen (secondary N) is 1. The second-order valence-electron chi connectivity index (χ2n) is 6.39. The monoisotopic (exact) mass is 401 g/mol. The molecule has 1 aromatic rings. The molecule has 1 heterocycles. The third kappa shape index (κ3) is 5.19. The molecule has 1 aromatic carbocycles. The summed E-state index contributed by atoms with van der Waals surface area (Å²) in [6.45, 7) is 7.75. The normalized spacial score (nSPS) is 16.0. The average Bonchev–Trinajstić information content (AvgIpc) is 2.63. The number of nitrogens with zero attached hydrogens (tertiary/aromatic N) is 2. The van der Waals surface area contributed by atoms with Crippen molar-refractivity contribution in [2.24, 2.45) is 0 Å². The second kappa shape index (κ2) is 9.69. The highest BCUT2D eigenvalue weighted by atomic mass is 35.5. The number of hydrogen-bond acceptors (Lipinski definition) is 4. The maximum Gasteiger partial charge on any atom is 0.252 e. The van der Waals surface area contributed by atoms with Crippen LogP contribution < -0.4 is 5.32 Å². The molecule has 1 aliphatic heterocycles. The van der Waals surface area contributed by atoms with Crippen molar-refractivity contribution in [3.63, 3.8) is 0 Å². The van der Waals surface area contributed by atoms with E-state index in [0.29, 0.717) is 19.6 Å². The molecule has 1 N–H and O–H groups in total. The molecule has 0 saturated carbocycles. The molecule has 0 spiro atoms. The lowest BCUT2D eigenvalue weighted by atomic mass is 10.1. The van der Waals surface area contributed by atoms with Gasteiger partial charge in [0.1, 0.15) is 0 Å². The number of likely N-dealkylation sites (tertiary alicyclic amines) is 1. The Bertz CT molecular complexity index is 714. The zero-order valence-corrected chi connectivity index (χ0v) is 17.1. The van der Waals surface area contributed by atoms with Gasteiger partial charge in [0.05, 0.1) is 15.5 Å². The van der Waals surface area contributed by atoms with Crippen molar-refractivity contribution in [1.29, 1.82) is 0 Å². The molecule has 1 fully saturated rings. The van der Waals surface area contributed by atoms with Crippen LogP contribution in [-0.2, 0) is 10.0 Å². The molecule has 1 saturated heterocycles. The van der Waals surface area contributed by atoms with E-state index in [9.17, 15) is 13.2 Å². The van der Waals surface area contributed by atoms with Gasteiger partial charge in [-0.3, -0.25) is 4.79 Å². The molecule has 0 aromatic heterocycles. The van der Waals surface area contributed by atoms with E-state index < -0.39 is 10.0 Å². The lowest BCUT2D eigenvalue weighted by Gasteiger charge is -2.26. The number of hydrogen-bond donors (Lipinski definition) is 1. The van der Waals surface area contributed by atoms with E-state index in [1.807, 2.05) is 0 Å². The Morgan fingerprint density at radius 3 is 2.46 bits per heavy atom. The SMILES string of the molecule is CCN(CC)S(=O)(=O)c1ccc(Cl)c(C(=O)NCCN2CCCCC2)c1. The maximum atomic E-state index is 12.6. The number of benzene rings is 1. The van der Waals surface area contributed by atoms with Crippen LogP contribution in [0.25, 0.3) is 0 Å². The highest BCUT2D eigenvalue weighted by Gasteiger charge is 2.23. The van der Waals surface area contributed by atoms with Gasteiger partial charge < -0.3 is 10.2 Å². The van der Waals surface area contributed by atoms with Crippen molar-refractivity contribution in [2.75, 3.05) is 39.3 Å². The Hall–Kier alpha value is -1.15. The first-order valence-electron chi connectivity index (χ1n) is 9.20. The molecular weight excluding hydrogens is 374 g/mol. The zero-order valence-electron chi connectivity index (χ0n) is 15.5. The molecule has 146 valence electrons. The van der Waals surface area contributed by atoms with E-state index in [2.05, 4.69) is 10.2 Å². The van der Waals surface area contributed by atoms with Crippen molar-refractivity contribution in [3.05, 3.63) is 28.8 Å². The lowest BCUT2D eigenvalue weighted by molar-refractivity contribution is 0.0946. The quantitative estimate of drug-likeness (QED) is 0.726. The molecule has 1 aliphatic rings. The number of piperidine rings is 1. The summed E-state index contributed by atoms with van der Waals surface area (Å²) >= 11 is 6.14. The molecule has 0 atom stereocenters. The van der Waals surface area contributed by atoms with Gasteiger partial charge in [-0.25, -0.2) is 8.42 Å². The van der Waals surface area contributed by atoms with Crippen molar-refractivity contribution in [2.45, 2.75) is 38.0 Å². The lowest BCUT2D eigenvalue weighted by Crippen LogP contribution is -2.37. The Morgan fingerprint density at radius 1 is 1.19 bits per heavy atom. The van der Waals surface area contributed by atoms with Crippen LogP contribution in [0, 0.1) is 0 Å². The third-order valence-corrected chi connectivity index (χ3v) is 7.06. The van der Waals surface area contributed by atoms with Crippen molar-refractivity contribution in [3.8, 4) is 0 Å². The minimum Gasteiger partial charge on any atom is -0.351 e. The highest BCUT2D eigenvalue weighted by molar-refractivity contribution is 7.89. The van der Waals surface area contributed by atoms with Crippen LogP contribution in [-0.4, -0.2) is 62.8 Å². The van der Waals surface area contributed by atoms with Crippen LogP contribution in [0.2, 0.25) is 5.02 Å². The Balaban J connectivity index is 2.07. The number of carbonyl (C=O) groups is 1. The number of halogens is 1. The summed E-state index contributed by atoms with van der Waals surface area (Å²) in [5.41, 5.74) is 0.193. The molecule has 0 bridgehead atoms. The van der Waals surface area contributed by atoms with Crippen LogP contribution >= 0.6 is 11.6 Å². The molecule has 2 rings (SSSR count). The fourth-order valence-corrected chi connectivity index (χ4v) is 4.85. The van der Waals surface area contributed by atoms with Gasteiger partial charge in [0.2, 0.25) is 10.0 Å². The molecule has 1 amide bonds. The molecule has 6 nitrogen and oxygen atoms in total. The molecular formula is C18H28ClN3O3S. The third-order valence-electron chi connectivity index (χ3n) is 4.69. The van der Waals surface area contributed by atoms with Gasteiger partial charge in [0.15, 0.2) is 0 Å². The van der Waals surface area contributed by atoms with Crippen LogP contribution in [0.15, 0.2) is 23.1 Å². The van der Waals surface area contributed by atoms with Gasteiger partial charge in [0, 0.05) is 26.2 Å². The van der Waals surface area contributed by atoms with E-state index in [-0.39, 0.29) is 21.4 Å². The number of rotatable bonds is 8. The van der Waals surface area contributed by atoms with E-state index >= 15 is 0 Å². The summed E-state index contributed by atoms with van der Waals surface area (Å²) in [4.78, 5) is 14.9. The van der Waals surface area contributed by atoms with Crippen molar-refractivity contribution >= 4 is 27.5 Å². The van der Waals surface area contributed by atoms with E-state index in [1.165, 1.54) is 41.8 Å². The smallest absolute Gasteiger partial charge is 0.252 e. The van der Waals surface area contributed by atoms with Crippen LogP contribution in [0.3, 0.4) is 0 Å². The van der Waals surface area contributed by atoms with E-state index in [4.69, 9.17) is 11.6 Å². The predicted octanol–water partition coefficient (Wildman–Crippen LogP) is 2.59. The minimum atomic E-state index is -3.63. The van der Waals surface area contributed by atoms with Gasteiger partial charge in [-0.1, -0.05) is 31.9 Å². The Labute approximate surface area is 161 Å². The fourth-order valence-electron chi connectivity index (χ4n) is 3.16. The summed E-state index contributed by atoms with van der Waals surface area (Å²) in [6, 6.07) is 4.28. The fraction of sp³-hybridized carbons (Fsp3) is 0.611. The number of carbonyl (C=O) groups excluding carboxylic acids is 1. The maximum absolute atomic E-state index is 12.6. The predicted molar refractivity (Wildman–Crippen MR) is 104 cm³/mol. The summed E-state index contributed by atoms with van der Waals surface area (Å²) in [5.74, 6) is -0.344. The van der Waals surface area contributed by atoms with Crippen molar-refractivity contribution in [1.82, 2.24) is 14.5 Å². The standard InChI is InChI=1S/C18H28ClN3O3S/c1-3-22(4-2)26(24,25)15-8-9-17(19)16(14-15)18(23)20-10-13-21-11-6-5-7-12-21/h8-9,14H,3-7,10-13H2,1-2H3,(H,20,23). The number of sulfonamides is 1. The molecule has 0 radical (unpaired) electrons. The first-order valence-corrected chi connectivity index (χ1v) is 11.0. The summed E-state index contributed by atoms with van der Waals surface area (Å²) < 4.78 is 26.6. The molecule has 0 unspecified atom stereocenters. The molecule has 0 aliphatic carbocycles. The van der Waals surface area contributed by atoms with Gasteiger partial charge in [-0.05, 0) is 44.1 Å². The highest BCUT2D eigenvalue weighted by Crippen LogP contribution is 2.23. The molecule has 26 heavy (non-hydrogen) atoms. The summed E-state index contributed by atoms with van der Waals surface area (Å²) in [7, 11) is -3.63.